The molecule has 1 aromatic carbocycles. The van der Waals surface area contributed by atoms with Crippen LogP contribution in [0.3, 0.4) is 0 Å². The number of benzene rings is 1. The van der Waals surface area contributed by atoms with Gasteiger partial charge in [0.25, 0.3) is 0 Å². The van der Waals surface area contributed by atoms with Gasteiger partial charge in [-0.1, -0.05) is 0 Å². The lowest BCUT2D eigenvalue weighted by molar-refractivity contribution is 0.259. The van der Waals surface area contributed by atoms with Crippen molar-refractivity contribution in [2.24, 2.45) is 5.73 Å². The predicted molar refractivity (Wildman–Crippen MR) is 43.7 cm³/mol. The Morgan fingerprint density at radius 1 is 1.21 bits per heavy atom. The maximum absolute atomic E-state index is 13.1. The highest BCUT2D eigenvalue weighted by Gasteiger charge is 2.22. The number of nitrogens with two attached hydrogens (primary N) is 1. The highest BCUT2D eigenvalue weighted by atomic mass is 19.1. The second-order valence-electron chi connectivity index (χ2n) is 2.75. The molecule has 0 fully saturated rings. The van der Waals surface area contributed by atoms with Gasteiger partial charge in [0.1, 0.15) is 0 Å². The highest BCUT2D eigenvalue weighted by molar-refractivity contribution is 5.41. The number of aliphatic hydroxyl groups excluding tert-OH is 1. The van der Waals surface area contributed by atoms with E-state index < -0.39 is 41.3 Å². The van der Waals surface area contributed by atoms with Gasteiger partial charge < -0.3 is 21.1 Å². The first-order valence-electron chi connectivity index (χ1n) is 3.75. The van der Waals surface area contributed by atoms with Gasteiger partial charge in [0.2, 0.25) is 0 Å². The van der Waals surface area contributed by atoms with E-state index in [1.165, 1.54) is 0 Å². The van der Waals surface area contributed by atoms with Crippen molar-refractivity contribution in [2.75, 3.05) is 6.61 Å². The van der Waals surface area contributed by atoms with Crippen LogP contribution in [0.5, 0.6) is 11.5 Å². The molecule has 0 spiro atoms. The molecule has 0 heterocycles. The lowest BCUT2D eigenvalue weighted by Gasteiger charge is -2.12. The van der Waals surface area contributed by atoms with Gasteiger partial charge in [-0.25, -0.2) is 8.78 Å². The number of phenolic OH excluding ortho intramolecular Hbond substituents is 2. The molecule has 78 valence electrons. The Bertz CT molecular complexity index is 331. The fourth-order valence-corrected chi connectivity index (χ4v) is 1.05. The van der Waals surface area contributed by atoms with Crippen LogP contribution in [-0.2, 0) is 0 Å². The summed E-state index contributed by atoms with van der Waals surface area (Å²) >= 11 is 0. The number of hydrogen-bond acceptors (Lipinski definition) is 4. The Labute approximate surface area is 78.2 Å². The minimum absolute atomic E-state index is 0.526. The van der Waals surface area contributed by atoms with Crippen molar-refractivity contribution < 1.29 is 24.1 Å². The van der Waals surface area contributed by atoms with Gasteiger partial charge in [-0.05, 0) is 0 Å². The van der Waals surface area contributed by atoms with Gasteiger partial charge in [-0.15, -0.1) is 0 Å². The summed E-state index contributed by atoms with van der Waals surface area (Å²) in [5, 5.41) is 26.4. The molecule has 1 rings (SSSR count). The van der Waals surface area contributed by atoms with E-state index in [9.17, 15) is 8.78 Å². The summed E-state index contributed by atoms with van der Waals surface area (Å²) < 4.78 is 26.2. The third-order valence-corrected chi connectivity index (χ3v) is 1.76. The molecule has 0 amide bonds. The zero-order valence-electron chi connectivity index (χ0n) is 7.04. The number of halogens is 2. The van der Waals surface area contributed by atoms with Crippen LogP contribution in [0.1, 0.15) is 11.6 Å². The molecule has 1 atom stereocenters. The van der Waals surface area contributed by atoms with Crippen molar-refractivity contribution in [3.05, 3.63) is 23.3 Å². The monoisotopic (exact) mass is 205 g/mol. The summed E-state index contributed by atoms with van der Waals surface area (Å²) in [4.78, 5) is 0. The molecule has 1 aromatic rings. The van der Waals surface area contributed by atoms with Crippen LogP contribution in [0.2, 0.25) is 0 Å². The zero-order chi connectivity index (χ0) is 10.9. The molecular formula is C8H9F2NO3. The Kier molecular flexibility index (Phi) is 2.87. The molecule has 0 aliphatic carbocycles. The molecule has 0 radical (unpaired) electrons. The first-order chi connectivity index (χ1) is 6.49. The van der Waals surface area contributed by atoms with Crippen LogP contribution in [0, 0.1) is 11.6 Å². The number of aromatic hydroxyl groups is 2. The minimum atomic E-state index is -1.33. The smallest absolute Gasteiger partial charge is 0.172 e. The summed E-state index contributed by atoms with van der Waals surface area (Å²) in [7, 11) is 0. The molecule has 1 unspecified atom stereocenters. The number of aliphatic hydroxyl groups is 1. The molecule has 5 N–H and O–H groups in total. The van der Waals surface area contributed by atoms with Gasteiger partial charge in [0.05, 0.1) is 18.2 Å². The second-order valence-corrected chi connectivity index (χ2v) is 2.75. The third kappa shape index (κ3) is 1.61. The van der Waals surface area contributed by atoms with E-state index in [0.717, 1.165) is 0 Å². The van der Waals surface area contributed by atoms with E-state index in [-0.39, 0.29) is 0 Å². The average molecular weight is 205 g/mol. The summed E-state index contributed by atoms with van der Waals surface area (Å²) in [6.45, 7) is -0.698. The fourth-order valence-electron chi connectivity index (χ4n) is 1.05. The molecular weight excluding hydrogens is 196 g/mol. The van der Waals surface area contributed by atoms with E-state index in [0.29, 0.717) is 6.07 Å². The summed E-state index contributed by atoms with van der Waals surface area (Å²) in [5.41, 5.74) is 4.45. The lowest BCUT2D eigenvalue weighted by Crippen LogP contribution is -2.18. The van der Waals surface area contributed by atoms with E-state index >= 15 is 0 Å². The third-order valence-electron chi connectivity index (χ3n) is 1.76. The van der Waals surface area contributed by atoms with Crippen LogP contribution in [0.4, 0.5) is 8.78 Å². The van der Waals surface area contributed by atoms with Crippen LogP contribution in [0.15, 0.2) is 6.07 Å². The topological polar surface area (TPSA) is 86.7 Å². The second kappa shape index (κ2) is 3.77. The molecule has 0 aliphatic heterocycles. The molecule has 4 nitrogen and oxygen atoms in total. The number of rotatable bonds is 2. The lowest BCUT2D eigenvalue weighted by atomic mass is 10.1. The normalized spacial score (nSPS) is 12.9. The highest BCUT2D eigenvalue weighted by Crippen LogP contribution is 2.32. The van der Waals surface area contributed by atoms with E-state index in [1.807, 2.05) is 0 Å². The van der Waals surface area contributed by atoms with Gasteiger partial charge in [0, 0.05) is 6.07 Å². The number of phenols is 2. The van der Waals surface area contributed by atoms with Crippen LogP contribution in [-0.4, -0.2) is 21.9 Å². The average Bonchev–Trinajstić information content (AvgIpc) is 2.15. The van der Waals surface area contributed by atoms with Crippen molar-refractivity contribution in [1.82, 2.24) is 0 Å². The molecule has 0 aliphatic rings. The van der Waals surface area contributed by atoms with Crippen molar-refractivity contribution in [2.45, 2.75) is 6.04 Å². The van der Waals surface area contributed by atoms with Crippen molar-refractivity contribution in [3.63, 3.8) is 0 Å². The molecule has 0 aromatic heterocycles. The van der Waals surface area contributed by atoms with Gasteiger partial charge in [0.15, 0.2) is 23.1 Å². The number of hydrogen-bond donors (Lipinski definition) is 4. The van der Waals surface area contributed by atoms with Crippen molar-refractivity contribution in [3.8, 4) is 11.5 Å². The minimum Gasteiger partial charge on any atom is -0.505 e. The van der Waals surface area contributed by atoms with E-state index in [4.69, 9.17) is 21.1 Å². The summed E-state index contributed by atoms with van der Waals surface area (Å²) in [6, 6.07) is -0.800. The van der Waals surface area contributed by atoms with Gasteiger partial charge in [-0.2, -0.15) is 0 Å². The van der Waals surface area contributed by atoms with Crippen LogP contribution >= 0.6 is 0 Å². The zero-order valence-corrected chi connectivity index (χ0v) is 7.04. The molecule has 0 bridgehead atoms. The SMILES string of the molecule is NC(CO)c1c(F)c(O)cc(O)c1F. The fraction of sp³-hybridized carbons (Fsp3) is 0.250. The van der Waals surface area contributed by atoms with Gasteiger partial charge in [-0.3, -0.25) is 0 Å². The van der Waals surface area contributed by atoms with Crippen molar-refractivity contribution >= 4 is 0 Å². The van der Waals surface area contributed by atoms with E-state index in [1.54, 1.807) is 0 Å². The molecule has 14 heavy (non-hydrogen) atoms. The van der Waals surface area contributed by atoms with Gasteiger partial charge >= 0.3 is 0 Å². The first kappa shape index (κ1) is 10.7. The maximum Gasteiger partial charge on any atom is 0.172 e. The summed E-state index contributed by atoms with van der Waals surface area (Å²) in [6.07, 6.45) is 0. The standard InChI is InChI=1S/C8H9F2NO3/c9-7-4(13)1-5(14)8(10)6(7)3(11)2-12/h1,3,12-14H,2,11H2. The Morgan fingerprint density at radius 2 is 1.64 bits per heavy atom. The Morgan fingerprint density at radius 3 is 2.00 bits per heavy atom. The molecule has 0 saturated carbocycles. The van der Waals surface area contributed by atoms with Crippen LogP contribution < -0.4 is 5.73 Å². The first-order valence-corrected chi connectivity index (χ1v) is 3.75. The Hall–Kier alpha value is -1.40. The molecule has 6 heteroatoms. The van der Waals surface area contributed by atoms with E-state index in [2.05, 4.69) is 0 Å². The maximum atomic E-state index is 13.1. The predicted octanol–water partition coefficient (Wildman–Crippen LogP) is 0.368. The largest absolute Gasteiger partial charge is 0.505 e. The molecule has 0 saturated heterocycles. The van der Waals surface area contributed by atoms with Crippen LogP contribution in [0.25, 0.3) is 0 Å². The summed E-state index contributed by atoms with van der Waals surface area (Å²) in [5.74, 6) is -4.38. The quantitative estimate of drug-likeness (QED) is 0.561. The van der Waals surface area contributed by atoms with Crippen molar-refractivity contribution in [1.29, 1.82) is 0 Å². The Balaban J connectivity index is 3.39.